The molecule has 3 heterocycles. The molecule has 0 aliphatic rings. The van der Waals surface area contributed by atoms with Crippen LogP contribution in [0.5, 0.6) is 0 Å². The van der Waals surface area contributed by atoms with Crippen LogP contribution in [0.4, 0.5) is 17.5 Å². The van der Waals surface area contributed by atoms with Crippen LogP contribution in [-0.4, -0.2) is 25.1 Å². The highest BCUT2D eigenvalue weighted by Crippen LogP contribution is 2.31. The molecule has 0 aliphatic carbocycles. The third-order valence-electron chi connectivity index (χ3n) is 3.47. The van der Waals surface area contributed by atoms with Gasteiger partial charge >= 0.3 is 0 Å². The lowest BCUT2D eigenvalue weighted by Crippen LogP contribution is -1.99. The van der Waals surface area contributed by atoms with Crippen molar-refractivity contribution in [3.05, 3.63) is 55.1 Å². The maximum atomic E-state index is 5.62. The second kappa shape index (κ2) is 5.38. The third-order valence-corrected chi connectivity index (χ3v) is 3.47. The van der Waals surface area contributed by atoms with Crippen molar-refractivity contribution in [3.8, 4) is 11.1 Å². The number of hydrogen-bond acceptors (Lipinski definition) is 6. The van der Waals surface area contributed by atoms with Gasteiger partial charge in [-0.2, -0.15) is 10.1 Å². The Morgan fingerprint density at radius 3 is 2.87 bits per heavy atom. The number of rotatable bonds is 3. The van der Waals surface area contributed by atoms with Gasteiger partial charge in [0, 0.05) is 40.8 Å². The molecule has 7 nitrogen and oxygen atoms in total. The first-order valence-corrected chi connectivity index (χ1v) is 7.03. The van der Waals surface area contributed by atoms with Gasteiger partial charge in [-0.1, -0.05) is 6.07 Å². The Kier molecular flexibility index (Phi) is 3.09. The average molecular weight is 303 g/mol. The fourth-order valence-corrected chi connectivity index (χ4v) is 2.47. The highest BCUT2D eigenvalue weighted by molar-refractivity contribution is 5.96. The van der Waals surface area contributed by atoms with Crippen molar-refractivity contribution in [2.75, 3.05) is 11.1 Å². The molecule has 112 valence electrons. The Bertz CT molecular complexity index is 963. The molecule has 0 saturated carbocycles. The molecule has 0 bridgehead atoms. The molecule has 0 amide bonds. The van der Waals surface area contributed by atoms with Crippen molar-refractivity contribution in [2.45, 2.75) is 0 Å². The van der Waals surface area contributed by atoms with Crippen LogP contribution in [0.3, 0.4) is 0 Å². The molecular formula is C16H13N7. The van der Waals surface area contributed by atoms with Crippen molar-refractivity contribution in [1.82, 2.24) is 25.1 Å². The molecule has 4 N–H and O–H groups in total. The van der Waals surface area contributed by atoms with E-state index in [0.717, 1.165) is 27.7 Å². The van der Waals surface area contributed by atoms with E-state index in [1.165, 1.54) is 0 Å². The van der Waals surface area contributed by atoms with Crippen LogP contribution >= 0.6 is 0 Å². The molecule has 0 atom stereocenters. The van der Waals surface area contributed by atoms with Crippen LogP contribution in [0.25, 0.3) is 22.0 Å². The van der Waals surface area contributed by atoms with E-state index in [1.807, 2.05) is 30.5 Å². The van der Waals surface area contributed by atoms with Crippen LogP contribution in [0.15, 0.2) is 55.1 Å². The van der Waals surface area contributed by atoms with Gasteiger partial charge in [0.05, 0.1) is 11.7 Å². The van der Waals surface area contributed by atoms with Gasteiger partial charge in [0.25, 0.3) is 0 Å². The van der Waals surface area contributed by atoms with Crippen molar-refractivity contribution in [2.24, 2.45) is 0 Å². The molecule has 0 unspecified atom stereocenters. The molecule has 0 saturated heterocycles. The zero-order chi connectivity index (χ0) is 15.6. The highest BCUT2D eigenvalue weighted by Gasteiger charge is 2.09. The molecule has 1 aromatic carbocycles. The summed E-state index contributed by atoms with van der Waals surface area (Å²) >= 11 is 0. The number of aromatic nitrogens is 5. The maximum absolute atomic E-state index is 5.62. The predicted octanol–water partition coefficient (Wildman–Crippen LogP) is 2.74. The Morgan fingerprint density at radius 2 is 2.04 bits per heavy atom. The van der Waals surface area contributed by atoms with Crippen LogP contribution < -0.4 is 11.1 Å². The summed E-state index contributed by atoms with van der Waals surface area (Å²) in [5.74, 6) is 0.865. The smallest absolute Gasteiger partial charge is 0.221 e. The number of anilines is 3. The maximum Gasteiger partial charge on any atom is 0.221 e. The van der Waals surface area contributed by atoms with Crippen molar-refractivity contribution >= 4 is 28.4 Å². The Labute approximate surface area is 131 Å². The molecule has 23 heavy (non-hydrogen) atoms. The third kappa shape index (κ3) is 2.55. The van der Waals surface area contributed by atoms with Crippen LogP contribution in [-0.2, 0) is 0 Å². The van der Waals surface area contributed by atoms with Crippen molar-refractivity contribution in [3.63, 3.8) is 0 Å². The summed E-state index contributed by atoms with van der Waals surface area (Å²) < 4.78 is 0. The molecular weight excluding hydrogens is 290 g/mol. The van der Waals surface area contributed by atoms with Gasteiger partial charge in [0.2, 0.25) is 5.95 Å². The molecule has 0 radical (unpaired) electrons. The topological polar surface area (TPSA) is 105 Å². The largest absolute Gasteiger partial charge is 0.368 e. The second-order valence-corrected chi connectivity index (χ2v) is 5.02. The second-order valence-electron chi connectivity index (χ2n) is 5.02. The number of nitrogens with two attached hydrogens (primary N) is 1. The lowest BCUT2D eigenvalue weighted by molar-refractivity contribution is 1.12. The number of nitrogen functional groups attached to an aromatic ring is 1. The summed E-state index contributed by atoms with van der Waals surface area (Å²) in [4.78, 5) is 12.2. The number of nitrogens with zero attached hydrogens (tertiary/aromatic N) is 4. The molecule has 3 aromatic heterocycles. The van der Waals surface area contributed by atoms with E-state index in [-0.39, 0.29) is 5.95 Å². The van der Waals surface area contributed by atoms with Crippen LogP contribution in [0.1, 0.15) is 0 Å². The fraction of sp³-hybridized carbons (Fsp3) is 0. The number of hydrogen-bond donors (Lipinski definition) is 3. The molecule has 0 fully saturated rings. The minimum atomic E-state index is 0.229. The normalized spacial score (nSPS) is 10.8. The van der Waals surface area contributed by atoms with E-state index in [1.54, 1.807) is 24.7 Å². The zero-order valence-electron chi connectivity index (χ0n) is 12.1. The van der Waals surface area contributed by atoms with Gasteiger partial charge in [-0.25, -0.2) is 4.98 Å². The van der Waals surface area contributed by atoms with Gasteiger partial charge in [0.1, 0.15) is 5.82 Å². The van der Waals surface area contributed by atoms with E-state index >= 15 is 0 Å². The summed E-state index contributed by atoms with van der Waals surface area (Å²) in [5.41, 5.74) is 9.49. The Hall–Kier alpha value is -3.48. The number of fused-ring (bicyclic) bond motifs is 1. The quantitative estimate of drug-likeness (QED) is 0.537. The number of H-pyrrole nitrogens is 1. The SMILES string of the molecule is Nc1nccc(Nc2cc(-c3cccnc3)c3[nH]ncc3c2)n1. The number of aromatic amines is 1. The molecule has 4 aromatic rings. The predicted molar refractivity (Wildman–Crippen MR) is 89.1 cm³/mol. The summed E-state index contributed by atoms with van der Waals surface area (Å²) in [6, 6.07) is 9.70. The molecule has 0 spiro atoms. The van der Waals surface area contributed by atoms with Crippen LogP contribution in [0, 0.1) is 0 Å². The van der Waals surface area contributed by atoms with E-state index in [4.69, 9.17) is 5.73 Å². The first kappa shape index (κ1) is 13.2. The van der Waals surface area contributed by atoms with E-state index in [9.17, 15) is 0 Å². The number of nitrogens with one attached hydrogen (secondary N) is 2. The first-order chi connectivity index (χ1) is 11.3. The van der Waals surface area contributed by atoms with E-state index in [2.05, 4.69) is 30.5 Å². The van der Waals surface area contributed by atoms with Gasteiger partial charge < -0.3 is 11.1 Å². The van der Waals surface area contributed by atoms with E-state index < -0.39 is 0 Å². The Morgan fingerprint density at radius 1 is 1.09 bits per heavy atom. The Balaban J connectivity index is 1.82. The summed E-state index contributed by atoms with van der Waals surface area (Å²) in [5, 5.41) is 11.4. The molecule has 4 rings (SSSR count). The summed E-state index contributed by atoms with van der Waals surface area (Å²) in [6.07, 6.45) is 6.97. The van der Waals surface area contributed by atoms with Gasteiger partial charge in [-0.05, 0) is 24.3 Å². The minimum Gasteiger partial charge on any atom is -0.368 e. The summed E-state index contributed by atoms with van der Waals surface area (Å²) in [7, 11) is 0. The van der Waals surface area contributed by atoms with Gasteiger partial charge in [0.15, 0.2) is 0 Å². The van der Waals surface area contributed by atoms with Crippen molar-refractivity contribution in [1.29, 1.82) is 0 Å². The van der Waals surface area contributed by atoms with Gasteiger partial charge in [-0.3, -0.25) is 10.1 Å². The lowest BCUT2D eigenvalue weighted by Gasteiger charge is -2.09. The summed E-state index contributed by atoms with van der Waals surface area (Å²) in [6.45, 7) is 0. The number of benzene rings is 1. The lowest BCUT2D eigenvalue weighted by atomic mass is 10.0. The zero-order valence-corrected chi connectivity index (χ0v) is 12.1. The molecule has 0 aliphatic heterocycles. The van der Waals surface area contributed by atoms with Crippen LogP contribution in [0.2, 0.25) is 0 Å². The molecule has 7 heteroatoms. The van der Waals surface area contributed by atoms with Crippen molar-refractivity contribution < 1.29 is 0 Å². The monoisotopic (exact) mass is 303 g/mol. The van der Waals surface area contributed by atoms with Gasteiger partial charge in [-0.15, -0.1) is 0 Å². The van der Waals surface area contributed by atoms with E-state index in [0.29, 0.717) is 5.82 Å². The standard InChI is InChI=1S/C16H13N7/c17-16-19-5-3-14(22-16)21-12-6-11-9-20-23-15(11)13(7-12)10-2-1-4-18-8-10/h1-9H,(H,20,23)(H3,17,19,21,22). The fourth-order valence-electron chi connectivity index (χ4n) is 2.47. The first-order valence-electron chi connectivity index (χ1n) is 7.03. The minimum absolute atomic E-state index is 0.229. The number of pyridine rings is 1. The average Bonchev–Trinajstić information content (AvgIpc) is 3.03. The highest BCUT2D eigenvalue weighted by atomic mass is 15.1.